The Balaban J connectivity index is 3.14. The van der Waals surface area contributed by atoms with Crippen LogP contribution >= 0.6 is 15.9 Å². The van der Waals surface area contributed by atoms with Crippen LogP contribution in [0, 0.1) is 0 Å². The SMILES string of the molecule is CCc1ncnc(O)c1Br. The first kappa shape index (κ1) is 7.47. The van der Waals surface area contributed by atoms with Gasteiger partial charge in [-0.05, 0) is 22.4 Å². The van der Waals surface area contributed by atoms with Crippen LogP contribution in [0.5, 0.6) is 5.88 Å². The van der Waals surface area contributed by atoms with Crippen molar-refractivity contribution in [3.8, 4) is 5.88 Å². The molecule has 1 N–H and O–H groups in total. The second kappa shape index (κ2) is 2.96. The molecule has 0 saturated carbocycles. The van der Waals surface area contributed by atoms with Crippen LogP contribution in [0.15, 0.2) is 10.8 Å². The third kappa shape index (κ3) is 1.26. The van der Waals surface area contributed by atoms with E-state index < -0.39 is 0 Å². The van der Waals surface area contributed by atoms with E-state index in [1.54, 1.807) is 0 Å². The first-order chi connectivity index (χ1) is 4.75. The van der Waals surface area contributed by atoms with E-state index in [2.05, 4.69) is 25.9 Å². The van der Waals surface area contributed by atoms with E-state index in [4.69, 9.17) is 5.11 Å². The number of rotatable bonds is 1. The topological polar surface area (TPSA) is 46.0 Å². The first-order valence-corrected chi connectivity index (χ1v) is 3.73. The number of nitrogens with zero attached hydrogens (tertiary/aromatic N) is 2. The molecule has 0 saturated heterocycles. The molecule has 0 unspecified atom stereocenters. The highest BCUT2D eigenvalue weighted by Gasteiger charge is 2.03. The van der Waals surface area contributed by atoms with Gasteiger partial charge >= 0.3 is 0 Å². The molecule has 0 aliphatic heterocycles. The van der Waals surface area contributed by atoms with Gasteiger partial charge in [0.05, 0.1) is 5.69 Å². The van der Waals surface area contributed by atoms with Gasteiger partial charge in [0.25, 0.3) is 0 Å². The Morgan fingerprint density at radius 1 is 1.60 bits per heavy atom. The van der Waals surface area contributed by atoms with Crippen LogP contribution in [-0.2, 0) is 6.42 Å². The van der Waals surface area contributed by atoms with E-state index in [1.807, 2.05) is 6.92 Å². The van der Waals surface area contributed by atoms with Crippen molar-refractivity contribution in [2.24, 2.45) is 0 Å². The highest BCUT2D eigenvalue weighted by molar-refractivity contribution is 9.10. The van der Waals surface area contributed by atoms with Crippen molar-refractivity contribution in [3.63, 3.8) is 0 Å². The molecule has 0 aromatic carbocycles. The van der Waals surface area contributed by atoms with Gasteiger partial charge in [-0.25, -0.2) is 9.97 Å². The van der Waals surface area contributed by atoms with Crippen molar-refractivity contribution in [2.75, 3.05) is 0 Å². The summed E-state index contributed by atoms with van der Waals surface area (Å²) >= 11 is 3.17. The van der Waals surface area contributed by atoms with Gasteiger partial charge in [-0.15, -0.1) is 0 Å². The van der Waals surface area contributed by atoms with Crippen molar-refractivity contribution in [3.05, 3.63) is 16.5 Å². The van der Waals surface area contributed by atoms with Crippen LogP contribution in [0.1, 0.15) is 12.6 Å². The van der Waals surface area contributed by atoms with E-state index in [0.717, 1.165) is 12.1 Å². The molecule has 0 spiro atoms. The second-order valence-electron chi connectivity index (χ2n) is 1.81. The van der Waals surface area contributed by atoms with Crippen LogP contribution in [0.2, 0.25) is 0 Å². The Morgan fingerprint density at radius 3 is 2.80 bits per heavy atom. The van der Waals surface area contributed by atoms with Gasteiger partial charge < -0.3 is 5.11 Å². The molecule has 1 heterocycles. The lowest BCUT2D eigenvalue weighted by Gasteiger charge is -1.98. The van der Waals surface area contributed by atoms with E-state index in [1.165, 1.54) is 6.33 Å². The summed E-state index contributed by atoms with van der Waals surface area (Å²) < 4.78 is 0.595. The van der Waals surface area contributed by atoms with Gasteiger partial charge in [0.15, 0.2) is 0 Å². The van der Waals surface area contributed by atoms with Crippen LogP contribution < -0.4 is 0 Å². The first-order valence-electron chi connectivity index (χ1n) is 2.94. The lowest BCUT2D eigenvalue weighted by atomic mass is 10.3. The minimum Gasteiger partial charge on any atom is -0.492 e. The van der Waals surface area contributed by atoms with Gasteiger partial charge in [-0.1, -0.05) is 6.92 Å². The van der Waals surface area contributed by atoms with E-state index >= 15 is 0 Å². The van der Waals surface area contributed by atoms with E-state index in [0.29, 0.717) is 4.47 Å². The molecule has 54 valence electrons. The summed E-state index contributed by atoms with van der Waals surface area (Å²) in [6.45, 7) is 1.96. The molecule has 4 heteroatoms. The summed E-state index contributed by atoms with van der Waals surface area (Å²) in [4.78, 5) is 7.52. The zero-order chi connectivity index (χ0) is 7.56. The fourth-order valence-corrected chi connectivity index (χ4v) is 1.13. The van der Waals surface area contributed by atoms with Crippen LogP contribution in [-0.4, -0.2) is 15.1 Å². The Bertz CT molecular complexity index is 239. The molecule has 1 aromatic rings. The van der Waals surface area contributed by atoms with Gasteiger partial charge in [-0.3, -0.25) is 0 Å². The molecule has 0 atom stereocenters. The zero-order valence-corrected chi connectivity index (χ0v) is 7.09. The normalized spacial score (nSPS) is 9.80. The molecule has 1 aromatic heterocycles. The lowest BCUT2D eigenvalue weighted by molar-refractivity contribution is 0.446. The van der Waals surface area contributed by atoms with E-state index in [-0.39, 0.29) is 5.88 Å². The monoisotopic (exact) mass is 202 g/mol. The van der Waals surface area contributed by atoms with Crippen molar-refractivity contribution in [1.82, 2.24) is 9.97 Å². The summed E-state index contributed by atoms with van der Waals surface area (Å²) in [6.07, 6.45) is 2.13. The van der Waals surface area contributed by atoms with Gasteiger partial charge in [0, 0.05) is 0 Å². The van der Waals surface area contributed by atoms with Crippen molar-refractivity contribution >= 4 is 15.9 Å². The van der Waals surface area contributed by atoms with Crippen LogP contribution in [0.4, 0.5) is 0 Å². The predicted molar refractivity (Wildman–Crippen MR) is 40.8 cm³/mol. The maximum Gasteiger partial charge on any atom is 0.228 e. The standard InChI is InChI=1S/C6H7BrN2O/c1-2-4-5(7)6(10)9-3-8-4/h3H,2H2,1H3,(H,8,9,10). The highest BCUT2D eigenvalue weighted by Crippen LogP contribution is 2.22. The molecule has 0 aliphatic rings. The number of aryl methyl sites for hydroxylation is 1. The number of aromatic nitrogens is 2. The molecule has 10 heavy (non-hydrogen) atoms. The van der Waals surface area contributed by atoms with E-state index in [9.17, 15) is 0 Å². The molecular formula is C6H7BrN2O. The molecular weight excluding hydrogens is 196 g/mol. The smallest absolute Gasteiger partial charge is 0.228 e. The lowest BCUT2D eigenvalue weighted by Crippen LogP contribution is -1.89. The van der Waals surface area contributed by atoms with Gasteiger partial charge in [0.2, 0.25) is 5.88 Å². The Morgan fingerprint density at radius 2 is 2.30 bits per heavy atom. The predicted octanol–water partition coefficient (Wildman–Crippen LogP) is 1.51. The minimum atomic E-state index is 0.00634. The Labute approximate surface area is 67.3 Å². The zero-order valence-electron chi connectivity index (χ0n) is 5.50. The van der Waals surface area contributed by atoms with Gasteiger partial charge in [-0.2, -0.15) is 0 Å². The summed E-state index contributed by atoms with van der Waals surface area (Å²) in [5.74, 6) is 0.00634. The van der Waals surface area contributed by atoms with Gasteiger partial charge in [0.1, 0.15) is 10.8 Å². The molecule has 0 bridgehead atoms. The molecule has 0 radical (unpaired) electrons. The van der Waals surface area contributed by atoms with Crippen molar-refractivity contribution in [1.29, 1.82) is 0 Å². The maximum absolute atomic E-state index is 9.03. The van der Waals surface area contributed by atoms with Crippen molar-refractivity contribution in [2.45, 2.75) is 13.3 Å². The molecule has 0 amide bonds. The quantitative estimate of drug-likeness (QED) is 0.752. The molecule has 0 fully saturated rings. The summed E-state index contributed by atoms with van der Waals surface area (Å²) in [7, 11) is 0. The Kier molecular flexibility index (Phi) is 2.21. The van der Waals surface area contributed by atoms with Crippen LogP contribution in [0.3, 0.4) is 0 Å². The number of aromatic hydroxyl groups is 1. The third-order valence-corrected chi connectivity index (χ3v) is 1.99. The maximum atomic E-state index is 9.03. The number of halogens is 1. The molecule has 0 aliphatic carbocycles. The largest absolute Gasteiger partial charge is 0.492 e. The van der Waals surface area contributed by atoms with Crippen LogP contribution in [0.25, 0.3) is 0 Å². The number of hydrogen-bond acceptors (Lipinski definition) is 3. The fourth-order valence-electron chi connectivity index (χ4n) is 0.642. The fraction of sp³-hybridized carbons (Fsp3) is 0.333. The second-order valence-corrected chi connectivity index (χ2v) is 2.60. The summed E-state index contributed by atoms with van der Waals surface area (Å²) in [6, 6.07) is 0. The average Bonchev–Trinajstić information content (AvgIpc) is 1.95. The highest BCUT2D eigenvalue weighted by atomic mass is 79.9. The molecule has 1 rings (SSSR count). The summed E-state index contributed by atoms with van der Waals surface area (Å²) in [5.41, 5.74) is 0.826. The average molecular weight is 203 g/mol. The third-order valence-electron chi connectivity index (χ3n) is 1.18. The molecule has 3 nitrogen and oxygen atoms in total. The van der Waals surface area contributed by atoms with Crippen molar-refractivity contribution < 1.29 is 5.11 Å². The summed E-state index contributed by atoms with van der Waals surface area (Å²) in [5, 5.41) is 9.03. The minimum absolute atomic E-state index is 0.00634. The Hall–Kier alpha value is -0.640. The number of hydrogen-bond donors (Lipinski definition) is 1.